The molecule has 120 heavy (non-hydrogen) atoms. The number of aliphatic imine (C=N–C) groups is 1. The SMILES string of the molecule is CC(O)c1cccc(C[C@H](NC(=O)c2c(Cl)cc3c(c2Cl)CCN(C(=O)c2ccc4ccoc4c2)C3)C(=O)O)c1.CC[C@H](C)CC(=NC[C@H](NC(=O)c1c(Cl)cc2c(c1Cl)CCN(C(=O)c1ccc3ccoc3c1)C2)C(=O)O)NC#N.O=C(NC[C@H](NC(=O)c1c(Cl)cc2c(c1Cl)CCN(C(=O)c1ccc3c(c1)OCC3)C2)C(=O)O)c1cccs1. The first kappa shape index (κ1) is 87.8. The van der Waals surface area contributed by atoms with Gasteiger partial charge < -0.3 is 70.0 Å². The van der Waals surface area contributed by atoms with Crippen molar-refractivity contribution in [2.24, 2.45) is 10.9 Å². The van der Waals surface area contributed by atoms with Crippen LogP contribution in [0.4, 0.5) is 0 Å². The minimum atomic E-state index is -1.41. The normalized spacial score (nSPS) is 14.5. The second-order valence-corrected chi connectivity index (χ2v) is 32.2. The summed E-state index contributed by atoms with van der Waals surface area (Å²) in [6, 6.07) is 30.6. The molecule has 5 atom stereocenters. The molecule has 1 unspecified atom stereocenters. The van der Waals surface area contributed by atoms with Gasteiger partial charge >= 0.3 is 17.9 Å². The number of thiophene rings is 1. The van der Waals surface area contributed by atoms with Gasteiger partial charge in [0, 0.05) is 92.5 Å². The molecule has 34 heteroatoms. The van der Waals surface area contributed by atoms with Crippen LogP contribution in [0.15, 0.2) is 153 Å². The van der Waals surface area contributed by atoms with Crippen molar-refractivity contribution in [2.45, 2.75) is 110 Å². The lowest BCUT2D eigenvalue weighted by Gasteiger charge is -2.30. The molecule has 622 valence electrons. The van der Waals surface area contributed by atoms with Gasteiger partial charge in [-0.1, -0.05) is 138 Å². The Morgan fingerprint density at radius 3 is 1.48 bits per heavy atom. The van der Waals surface area contributed by atoms with Crippen LogP contribution >= 0.6 is 80.9 Å². The van der Waals surface area contributed by atoms with Gasteiger partial charge in [0.2, 0.25) is 0 Å². The molecule has 4 aliphatic heterocycles. The molecule has 0 saturated carbocycles. The maximum atomic E-state index is 13.2. The molecule has 3 aromatic heterocycles. The number of halogens is 6. The zero-order valence-electron chi connectivity index (χ0n) is 64.5. The van der Waals surface area contributed by atoms with Gasteiger partial charge in [-0.2, -0.15) is 5.26 Å². The fourth-order valence-electron chi connectivity index (χ4n) is 14.2. The average molecular weight is 1770 g/mol. The number of aliphatic hydroxyl groups is 1. The van der Waals surface area contributed by atoms with Crippen LogP contribution in [0.5, 0.6) is 5.75 Å². The van der Waals surface area contributed by atoms with Crippen molar-refractivity contribution in [1.29, 1.82) is 5.26 Å². The number of carbonyl (C=O) groups is 10. The highest BCUT2D eigenvalue weighted by Gasteiger charge is 2.35. The van der Waals surface area contributed by atoms with Gasteiger partial charge in [0.25, 0.3) is 41.4 Å². The number of rotatable bonds is 23. The molecule has 27 nitrogen and oxygen atoms in total. The number of aliphatic carboxylic acids is 3. The van der Waals surface area contributed by atoms with E-state index in [2.05, 4.69) is 31.6 Å². The molecule has 10 aromatic rings. The van der Waals surface area contributed by atoms with E-state index in [0.717, 1.165) is 40.5 Å². The number of nitriles is 1. The van der Waals surface area contributed by atoms with E-state index in [4.69, 9.17) is 88.4 Å². The highest BCUT2D eigenvalue weighted by Crippen LogP contribution is 2.40. The molecule has 7 heterocycles. The smallest absolute Gasteiger partial charge is 0.328 e. The van der Waals surface area contributed by atoms with Crippen LogP contribution in [-0.4, -0.2) is 158 Å². The van der Waals surface area contributed by atoms with E-state index in [1.54, 1.807) is 137 Å². The first-order valence-electron chi connectivity index (χ1n) is 37.9. The van der Waals surface area contributed by atoms with Gasteiger partial charge in [-0.25, -0.2) is 14.4 Å². The first-order valence-corrected chi connectivity index (χ1v) is 41.1. The minimum absolute atomic E-state index is 0.00266. The Balaban J connectivity index is 0.000000165. The highest BCUT2D eigenvalue weighted by atomic mass is 35.5. The molecule has 0 bridgehead atoms. The van der Waals surface area contributed by atoms with Crippen LogP contribution < -0.4 is 31.3 Å². The van der Waals surface area contributed by atoms with E-state index in [9.17, 15) is 68.4 Å². The summed E-state index contributed by atoms with van der Waals surface area (Å²) in [6.07, 6.45) is 7.54. The molecule has 0 aliphatic carbocycles. The summed E-state index contributed by atoms with van der Waals surface area (Å²) in [5, 5.41) is 64.3. The standard InChI is InChI=1S/C30H26Cl2N2O6.C29H29Cl2N5O5.C27H23Cl2N3O6S/c1-16(35)19-4-2-3-17(11-19)12-24(30(38)39)33-28(36)26-23(31)13-21-15-34(9-7-22(21)27(26)32)29(37)20-6-5-18-8-10-40-25(18)14-20;1-3-16(2)10-24(34-15-32)33-13-22(29(39)40)35-27(37)25-21(30)11-19-14-36(8-6-20(19)26(25)31)28(38)18-5-4-17-7-9-41-23(17)12-18;28-18-10-16-13-32(26(35)15-4-3-14-6-8-38-20(14)11-15)7-5-17(16)23(29)22(18)25(34)31-19(27(36)37)12-30-24(33)21-2-1-9-39-21/h2-6,8,10-11,13-14,16,24,35H,7,9,12,15H2,1H3,(H,33,36)(H,38,39);4-5,7,9,11-12,16,22H,3,6,8,10,13-14H2,1-2H3,(H,33,34)(H,35,37)(H,39,40);1-4,9-11,19H,5-8,12-13H2,(H,30,33)(H,31,34)(H,36,37)/t16?,24-;16-,22-;19-/m000/s1. The van der Waals surface area contributed by atoms with E-state index >= 15 is 0 Å². The van der Waals surface area contributed by atoms with Crippen molar-refractivity contribution in [3.05, 3.63) is 258 Å². The number of hydrogen-bond donors (Lipinski definition) is 9. The van der Waals surface area contributed by atoms with Gasteiger partial charge in [-0.15, -0.1) is 11.3 Å². The van der Waals surface area contributed by atoms with Crippen molar-refractivity contribution in [3.8, 4) is 11.9 Å². The topological polar surface area (TPSA) is 393 Å². The number of aliphatic hydroxyl groups excluding tert-OH is 1. The van der Waals surface area contributed by atoms with Crippen LogP contribution in [0, 0.1) is 17.4 Å². The Morgan fingerprint density at radius 2 is 1.02 bits per heavy atom. The molecule has 0 spiro atoms. The molecule has 4 aliphatic rings. The van der Waals surface area contributed by atoms with Crippen LogP contribution in [-0.2, 0) is 66.1 Å². The minimum Gasteiger partial charge on any atom is -0.493 e. The summed E-state index contributed by atoms with van der Waals surface area (Å²) in [4.78, 5) is 137. The van der Waals surface area contributed by atoms with Gasteiger partial charge in [-0.3, -0.25) is 43.9 Å². The Labute approximate surface area is 721 Å². The maximum Gasteiger partial charge on any atom is 0.328 e. The Kier molecular flexibility index (Phi) is 28.6. The van der Waals surface area contributed by atoms with E-state index in [1.807, 2.05) is 44.2 Å². The Hall–Kier alpha value is -11.5. The van der Waals surface area contributed by atoms with Crippen molar-refractivity contribution in [2.75, 3.05) is 39.3 Å². The zero-order chi connectivity index (χ0) is 85.9. The number of benzene rings is 7. The molecule has 7 amide bonds. The number of furan rings is 2. The largest absolute Gasteiger partial charge is 0.493 e. The van der Waals surface area contributed by atoms with Crippen molar-refractivity contribution in [1.82, 2.24) is 41.3 Å². The van der Waals surface area contributed by atoms with Gasteiger partial charge in [0.15, 0.2) is 6.19 Å². The summed E-state index contributed by atoms with van der Waals surface area (Å²) in [5.74, 6) is -5.72. The molecule has 9 N–H and O–H groups in total. The van der Waals surface area contributed by atoms with Crippen molar-refractivity contribution >= 4 is 168 Å². The van der Waals surface area contributed by atoms with E-state index < -0.39 is 65.8 Å². The summed E-state index contributed by atoms with van der Waals surface area (Å²) < 4.78 is 16.4. The Bertz CT molecular complexity index is 5770. The number of ether oxygens (including phenoxy) is 1. The third-order valence-electron chi connectivity index (χ3n) is 20.9. The molecule has 0 fully saturated rings. The number of carboxylic acid groups (broad SMARTS) is 3. The number of fused-ring (bicyclic) bond motifs is 6. The quantitative estimate of drug-likeness (QED) is 0.0124. The number of carboxylic acids is 3. The van der Waals surface area contributed by atoms with Gasteiger partial charge in [0.1, 0.15) is 40.9 Å². The summed E-state index contributed by atoms with van der Waals surface area (Å²) >= 11 is 40.6. The first-order chi connectivity index (χ1) is 57.5. The lowest BCUT2D eigenvalue weighted by Crippen LogP contribution is -2.48. The van der Waals surface area contributed by atoms with E-state index in [0.29, 0.717) is 129 Å². The molecular weight excluding hydrogens is 1690 g/mol. The third-order valence-corrected chi connectivity index (χ3v) is 23.9. The molecule has 14 rings (SSSR count). The highest BCUT2D eigenvalue weighted by molar-refractivity contribution is 7.12. The number of amidine groups is 1. The van der Waals surface area contributed by atoms with Crippen LogP contribution in [0.2, 0.25) is 30.1 Å². The van der Waals surface area contributed by atoms with Gasteiger partial charge in [0.05, 0.1) is 83.5 Å². The van der Waals surface area contributed by atoms with E-state index in [1.165, 1.54) is 11.3 Å². The second-order valence-electron chi connectivity index (χ2n) is 28.9. The lowest BCUT2D eigenvalue weighted by molar-refractivity contribution is -0.140. The maximum absolute atomic E-state index is 13.2. The monoisotopic (exact) mass is 1760 g/mol. The molecular formula is C86H78Cl6N10O17S. The van der Waals surface area contributed by atoms with Crippen molar-refractivity contribution in [3.63, 3.8) is 0 Å². The summed E-state index contributed by atoms with van der Waals surface area (Å²) in [7, 11) is 0. The number of amides is 7. The summed E-state index contributed by atoms with van der Waals surface area (Å²) in [5.41, 5.74) is 9.18. The summed E-state index contributed by atoms with van der Waals surface area (Å²) in [6.45, 7) is 7.44. The zero-order valence-corrected chi connectivity index (χ0v) is 69.8. The average Bonchev–Trinajstić information content (AvgIpc) is 0.810. The van der Waals surface area contributed by atoms with Crippen LogP contribution in [0.3, 0.4) is 0 Å². The molecule has 0 saturated heterocycles. The van der Waals surface area contributed by atoms with Crippen LogP contribution in [0.25, 0.3) is 21.9 Å². The predicted molar refractivity (Wildman–Crippen MR) is 452 cm³/mol. The number of carbonyl (C=O) groups excluding carboxylic acids is 7. The van der Waals surface area contributed by atoms with E-state index in [-0.39, 0.29) is 110 Å². The third kappa shape index (κ3) is 20.5. The van der Waals surface area contributed by atoms with Crippen LogP contribution in [0.1, 0.15) is 162 Å². The molecule has 0 radical (unpaired) electrons. The number of nitrogens with zero attached hydrogens (tertiary/aromatic N) is 5. The van der Waals surface area contributed by atoms with Crippen molar-refractivity contribution < 1.29 is 81.9 Å². The fraction of sp³-hybridized carbons (Fsp3) is 0.279. The predicted octanol–water partition coefficient (Wildman–Crippen LogP) is 14.2. The Morgan fingerprint density at radius 1 is 0.550 bits per heavy atom. The molecule has 7 aromatic carbocycles. The van der Waals surface area contributed by atoms with Gasteiger partial charge in [-0.05, 0) is 160 Å². The fourth-order valence-corrected chi connectivity index (χ4v) is 17.1. The lowest BCUT2D eigenvalue weighted by atomic mass is 9.95. The second kappa shape index (κ2) is 39.1. The number of hydrogen-bond acceptors (Lipinski definition) is 17. The number of nitrogens with one attached hydrogen (secondary N) is 5.